The van der Waals surface area contributed by atoms with Gasteiger partial charge in [-0.25, -0.2) is 0 Å². The predicted octanol–water partition coefficient (Wildman–Crippen LogP) is 2.52. The number of rotatable bonds is 8. The second kappa shape index (κ2) is 8.27. The number of primary amides is 1. The Bertz CT molecular complexity index is 494. The van der Waals surface area contributed by atoms with Crippen LogP contribution in [0.1, 0.15) is 61.4 Å². The van der Waals surface area contributed by atoms with Crippen LogP contribution in [0.25, 0.3) is 0 Å². The van der Waals surface area contributed by atoms with E-state index < -0.39 is 12.2 Å². The van der Waals surface area contributed by atoms with E-state index in [0.29, 0.717) is 18.6 Å². The summed E-state index contributed by atoms with van der Waals surface area (Å²) in [7, 11) is 1.56. The SMILES string of the molecule is COC(OCCCCO)c1cc(C(N)=O)cc(C(C)(C)C)c1. The van der Waals surface area contributed by atoms with Crippen molar-refractivity contribution < 1.29 is 19.4 Å². The van der Waals surface area contributed by atoms with E-state index in [1.54, 1.807) is 13.2 Å². The monoisotopic (exact) mass is 309 g/mol. The lowest BCUT2D eigenvalue weighted by Gasteiger charge is -2.23. The lowest BCUT2D eigenvalue weighted by molar-refractivity contribution is -0.128. The molecular formula is C17H27NO4. The van der Waals surface area contributed by atoms with Gasteiger partial charge in [0.1, 0.15) is 0 Å². The molecule has 0 saturated heterocycles. The van der Waals surface area contributed by atoms with Crippen molar-refractivity contribution in [1.82, 2.24) is 0 Å². The Morgan fingerprint density at radius 1 is 1.27 bits per heavy atom. The van der Waals surface area contributed by atoms with Crippen molar-refractivity contribution in [1.29, 1.82) is 0 Å². The van der Waals surface area contributed by atoms with Crippen LogP contribution in [0.4, 0.5) is 0 Å². The molecule has 0 spiro atoms. The Balaban J connectivity index is 3.04. The van der Waals surface area contributed by atoms with Gasteiger partial charge in [-0.1, -0.05) is 26.8 Å². The number of carbonyl (C=O) groups excluding carboxylic acids is 1. The molecule has 0 bridgehead atoms. The lowest BCUT2D eigenvalue weighted by atomic mass is 9.85. The van der Waals surface area contributed by atoms with E-state index in [4.69, 9.17) is 20.3 Å². The highest BCUT2D eigenvalue weighted by Crippen LogP contribution is 2.28. The molecule has 0 radical (unpaired) electrons. The highest BCUT2D eigenvalue weighted by molar-refractivity contribution is 5.93. The number of aliphatic hydroxyl groups excluding tert-OH is 1. The molecule has 1 unspecified atom stereocenters. The normalized spacial score (nSPS) is 13.1. The molecule has 0 saturated carbocycles. The summed E-state index contributed by atoms with van der Waals surface area (Å²) in [6.07, 6.45) is 0.877. The summed E-state index contributed by atoms with van der Waals surface area (Å²) >= 11 is 0. The Kier molecular flexibility index (Phi) is 7.00. The minimum Gasteiger partial charge on any atom is -0.396 e. The van der Waals surface area contributed by atoms with Crippen LogP contribution in [-0.4, -0.2) is 31.3 Å². The number of ether oxygens (including phenoxy) is 2. The van der Waals surface area contributed by atoms with Gasteiger partial charge in [-0.15, -0.1) is 0 Å². The molecular weight excluding hydrogens is 282 g/mol. The number of carbonyl (C=O) groups is 1. The average molecular weight is 309 g/mol. The highest BCUT2D eigenvalue weighted by atomic mass is 16.7. The van der Waals surface area contributed by atoms with Crippen LogP contribution in [0.15, 0.2) is 18.2 Å². The van der Waals surface area contributed by atoms with Crippen molar-refractivity contribution >= 4 is 5.91 Å². The first kappa shape index (κ1) is 18.6. The zero-order chi connectivity index (χ0) is 16.8. The number of amides is 1. The number of benzene rings is 1. The zero-order valence-electron chi connectivity index (χ0n) is 13.9. The predicted molar refractivity (Wildman–Crippen MR) is 85.7 cm³/mol. The molecule has 0 fully saturated rings. The van der Waals surface area contributed by atoms with Crippen LogP contribution >= 0.6 is 0 Å². The van der Waals surface area contributed by atoms with Gasteiger partial charge >= 0.3 is 0 Å². The minimum atomic E-state index is -0.556. The van der Waals surface area contributed by atoms with E-state index in [1.807, 2.05) is 12.1 Å². The van der Waals surface area contributed by atoms with Gasteiger partial charge in [-0.2, -0.15) is 0 Å². The van der Waals surface area contributed by atoms with E-state index in [2.05, 4.69) is 20.8 Å². The van der Waals surface area contributed by atoms with Crippen molar-refractivity contribution in [2.24, 2.45) is 5.73 Å². The van der Waals surface area contributed by atoms with Crippen molar-refractivity contribution in [3.05, 3.63) is 34.9 Å². The third kappa shape index (κ3) is 5.40. The number of aliphatic hydroxyl groups is 1. The molecule has 3 N–H and O–H groups in total. The van der Waals surface area contributed by atoms with Gasteiger partial charge in [0.05, 0.1) is 6.61 Å². The Morgan fingerprint density at radius 2 is 1.95 bits per heavy atom. The summed E-state index contributed by atoms with van der Waals surface area (Å²) in [6, 6.07) is 5.49. The minimum absolute atomic E-state index is 0.116. The average Bonchev–Trinajstić information content (AvgIpc) is 2.46. The lowest BCUT2D eigenvalue weighted by Crippen LogP contribution is -2.18. The molecule has 22 heavy (non-hydrogen) atoms. The second-order valence-electron chi connectivity index (χ2n) is 6.33. The molecule has 5 heteroatoms. The number of nitrogens with two attached hydrogens (primary N) is 1. The fraction of sp³-hybridized carbons (Fsp3) is 0.588. The van der Waals surface area contributed by atoms with Gasteiger partial charge in [0.15, 0.2) is 6.29 Å². The van der Waals surface area contributed by atoms with Crippen molar-refractivity contribution in [3.63, 3.8) is 0 Å². The third-order valence-corrected chi connectivity index (χ3v) is 3.41. The highest BCUT2D eigenvalue weighted by Gasteiger charge is 2.20. The van der Waals surface area contributed by atoms with Crippen LogP contribution in [0, 0.1) is 0 Å². The molecule has 1 rings (SSSR count). The molecule has 5 nitrogen and oxygen atoms in total. The first-order valence-electron chi connectivity index (χ1n) is 7.50. The summed E-state index contributed by atoms with van der Waals surface area (Å²) in [4.78, 5) is 11.6. The second-order valence-corrected chi connectivity index (χ2v) is 6.33. The van der Waals surface area contributed by atoms with E-state index >= 15 is 0 Å². The molecule has 0 aliphatic rings. The summed E-state index contributed by atoms with van der Waals surface area (Å²) in [5, 5.41) is 8.79. The van der Waals surface area contributed by atoms with Gasteiger partial charge < -0.3 is 20.3 Å². The van der Waals surface area contributed by atoms with Crippen LogP contribution in [-0.2, 0) is 14.9 Å². The third-order valence-electron chi connectivity index (χ3n) is 3.41. The topological polar surface area (TPSA) is 81.8 Å². The van der Waals surface area contributed by atoms with Crippen molar-refractivity contribution in [2.75, 3.05) is 20.3 Å². The maximum atomic E-state index is 11.6. The number of methoxy groups -OCH3 is 1. The molecule has 0 aromatic heterocycles. The summed E-state index contributed by atoms with van der Waals surface area (Å²) in [6.45, 7) is 6.83. The fourth-order valence-corrected chi connectivity index (χ4v) is 2.07. The molecule has 1 atom stereocenters. The van der Waals surface area contributed by atoms with Gasteiger partial charge in [0.2, 0.25) is 5.91 Å². The van der Waals surface area contributed by atoms with Crippen LogP contribution < -0.4 is 5.73 Å². The van der Waals surface area contributed by atoms with E-state index in [0.717, 1.165) is 17.5 Å². The van der Waals surface area contributed by atoms with Gasteiger partial charge in [0.25, 0.3) is 0 Å². The summed E-state index contributed by atoms with van der Waals surface area (Å²) in [5.41, 5.74) is 7.53. The van der Waals surface area contributed by atoms with Gasteiger partial charge in [-0.3, -0.25) is 4.79 Å². The standard InChI is InChI=1S/C17H27NO4/c1-17(2,3)14-10-12(15(18)20)9-13(11-14)16(21-4)22-8-6-5-7-19/h9-11,16,19H,5-8H2,1-4H3,(H2,18,20). The maximum absolute atomic E-state index is 11.6. The molecule has 0 aliphatic heterocycles. The summed E-state index contributed by atoms with van der Waals surface area (Å²) < 4.78 is 11.1. The van der Waals surface area contributed by atoms with E-state index in [1.165, 1.54) is 0 Å². The summed E-state index contributed by atoms with van der Waals surface area (Å²) in [5.74, 6) is -0.470. The first-order valence-corrected chi connectivity index (χ1v) is 7.50. The number of hydrogen-bond donors (Lipinski definition) is 2. The van der Waals surface area contributed by atoms with Crippen LogP contribution in [0.3, 0.4) is 0 Å². The van der Waals surface area contributed by atoms with Crippen LogP contribution in [0.2, 0.25) is 0 Å². The fourth-order valence-electron chi connectivity index (χ4n) is 2.07. The first-order chi connectivity index (χ1) is 10.3. The molecule has 124 valence electrons. The smallest absolute Gasteiger partial charge is 0.248 e. The molecule has 1 aromatic carbocycles. The van der Waals surface area contributed by atoms with Gasteiger partial charge in [0, 0.05) is 24.8 Å². The molecule has 1 amide bonds. The Hall–Kier alpha value is -1.43. The molecule has 0 heterocycles. The Morgan fingerprint density at radius 3 is 2.45 bits per heavy atom. The van der Waals surface area contributed by atoms with E-state index in [-0.39, 0.29) is 12.0 Å². The van der Waals surface area contributed by atoms with E-state index in [9.17, 15) is 4.79 Å². The largest absolute Gasteiger partial charge is 0.396 e. The molecule has 0 aliphatic carbocycles. The number of unbranched alkanes of at least 4 members (excludes halogenated alkanes) is 1. The van der Waals surface area contributed by atoms with Gasteiger partial charge in [-0.05, 0) is 36.0 Å². The van der Waals surface area contributed by atoms with Crippen LogP contribution in [0.5, 0.6) is 0 Å². The quantitative estimate of drug-likeness (QED) is 0.571. The van der Waals surface area contributed by atoms with Crippen molar-refractivity contribution in [2.45, 2.75) is 45.3 Å². The molecule has 1 aromatic rings. The maximum Gasteiger partial charge on any atom is 0.248 e. The van der Waals surface area contributed by atoms with Crippen molar-refractivity contribution in [3.8, 4) is 0 Å². The Labute approximate surface area is 132 Å². The number of hydrogen-bond acceptors (Lipinski definition) is 4. The zero-order valence-corrected chi connectivity index (χ0v) is 13.9.